The van der Waals surface area contributed by atoms with Crippen LogP contribution >= 0.6 is 11.6 Å². The standard InChI is InChI=1S/C17H17ClO6/c1-17(2,18)11(19)8-23-16-14-10(6-7-22-14)13(21-3)9-4-5-12(20)24-15(9)16/h4-7,11,19H,8H2,1-3H3. The molecule has 0 aliphatic heterocycles. The van der Waals surface area contributed by atoms with Crippen LogP contribution in [0.1, 0.15) is 13.8 Å². The minimum Gasteiger partial charge on any atom is -0.495 e. The largest absolute Gasteiger partial charge is 0.495 e. The highest BCUT2D eigenvalue weighted by Crippen LogP contribution is 2.42. The molecule has 0 spiro atoms. The molecule has 3 rings (SSSR count). The Bertz CT molecular complexity index is 934. The van der Waals surface area contributed by atoms with Crippen LogP contribution in [0.2, 0.25) is 0 Å². The summed E-state index contributed by atoms with van der Waals surface area (Å²) in [6.07, 6.45) is 0.552. The Morgan fingerprint density at radius 2 is 1.92 bits per heavy atom. The zero-order valence-electron chi connectivity index (χ0n) is 13.5. The van der Waals surface area contributed by atoms with Crippen LogP contribution < -0.4 is 15.1 Å². The van der Waals surface area contributed by atoms with E-state index in [1.807, 2.05) is 0 Å². The SMILES string of the molecule is COc1c2ccoc2c(OCC(O)C(C)(C)Cl)c2oc(=O)ccc12. The van der Waals surface area contributed by atoms with Gasteiger partial charge in [-0.05, 0) is 26.0 Å². The summed E-state index contributed by atoms with van der Waals surface area (Å²) in [7, 11) is 1.52. The zero-order valence-corrected chi connectivity index (χ0v) is 14.2. The van der Waals surface area contributed by atoms with Gasteiger partial charge in [-0.1, -0.05) is 0 Å². The summed E-state index contributed by atoms with van der Waals surface area (Å²) in [5, 5.41) is 11.3. The smallest absolute Gasteiger partial charge is 0.336 e. The van der Waals surface area contributed by atoms with Crippen molar-refractivity contribution in [2.75, 3.05) is 13.7 Å². The molecule has 6 nitrogen and oxygen atoms in total. The molecule has 1 aromatic carbocycles. The van der Waals surface area contributed by atoms with Gasteiger partial charge in [0.05, 0.1) is 29.0 Å². The number of alkyl halides is 1. The van der Waals surface area contributed by atoms with Crippen LogP contribution in [0.25, 0.3) is 21.9 Å². The molecule has 7 heteroatoms. The molecule has 0 radical (unpaired) electrons. The minimum atomic E-state index is -0.934. The quantitative estimate of drug-likeness (QED) is 0.560. The predicted octanol–water partition coefficient (Wildman–Crippen LogP) is 3.30. The Kier molecular flexibility index (Phi) is 4.19. The van der Waals surface area contributed by atoms with Gasteiger partial charge in [0.2, 0.25) is 5.75 Å². The Balaban J connectivity index is 2.19. The Hall–Kier alpha value is -2.18. The Morgan fingerprint density at radius 3 is 2.58 bits per heavy atom. The van der Waals surface area contributed by atoms with Crippen molar-refractivity contribution in [1.29, 1.82) is 0 Å². The lowest BCUT2D eigenvalue weighted by molar-refractivity contribution is 0.0811. The molecule has 2 heterocycles. The molecule has 1 atom stereocenters. The van der Waals surface area contributed by atoms with Crippen LogP contribution in [0.15, 0.2) is 38.1 Å². The molecule has 0 aliphatic carbocycles. The fraction of sp³-hybridized carbons (Fsp3) is 0.353. The average Bonchev–Trinajstić information content (AvgIpc) is 2.99. The number of aliphatic hydroxyl groups is 1. The van der Waals surface area contributed by atoms with Gasteiger partial charge in [0.15, 0.2) is 11.2 Å². The first-order valence-corrected chi connectivity index (χ1v) is 7.71. The Morgan fingerprint density at radius 1 is 1.21 bits per heavy atom. The molecule has 0 bridgehead atoms. The van der Waals surface area contributed by atoms with E-state index >= 15 is 0 Å². The number of aliphatic hydroxyl groups excluding tert-OH is 1. The molecule has 0 saturated carbocycles. The third kappa shape index (κ3) is 2.83. The number of hydrogen-bond donors (Lipinski definition) is 1. The number of methoxy groups -OCH3 is 1. The van der Waals surface area contributed by atoms with Crippen LogP contribution in [-0.2, 0) is 0 Å². The maximum Gasteiger partial charge on any atom is 0.336 e. The van der Waals surface area contributed by atoms with Gasteiger partial charge in [-0.2, -0.15) is 0 Å². The van der Waals surface area contributed by atoms with E-state index in [0.29, 0.717) is 22.1 Å². The number of benzene rings is 1. The third-order valence-electron chi connectivity index (χ3n) is 3.78. The number of ether oxygens (including phenoxy) is 2. The molecule has 24 heavy (non-hydrogen) atoms. The number of hydrogen-bond acceptors (Lipinski definition) is 6. The molecule has 1 unspecified atom stereocenters. The van der Waals surface area contributed by atoms with Crippen molar-refractivity contribution in [1.82, 2.24) is 0 Å². The van der Waals surface area contributed by atoms with Gasteiger partial charge in [-0.25, -0.2) is 4.79 Å². The summed E-state index contributed by atoms with van der Waals surface area (Å²) in [4.78, 5) is 10.8. The van der Waals surface area contributed by atoms with Gasteiger partial charge in [0.25, 0.3) is 0 Å². The first-order chi connectivity index (χ1) is 11.3. The van der Waals surface area contributed by atoms with Crippen LogP contribution in [0.5, 0.6) is 11.5 Å². The summed E-state index contributed by atoms with van der Waals surface area (Å²) >= 11 is 6.09. The molecule has 0 aliphatic rings. The van der Waals surface area contributed by atoms with Gasteiger partial charge < -0.3 is 23.4 Å². The first-order valence-electron chi connectivity index (χ1n) is 7.33. The maximum atomic E-state index is 11.6. The van der Waals surface area contributed by atoms with E-state index in [-0.39, 0.29) is 17.9 Å². The molecule has 3 aromatic rings. The van der Waals surface area contributed by atoms with Crippen molar-refractivity contribution in [3.63, 3.8) is 0 Å². The van der Waals surface area contributed by atoms with E-state index in [4.69, 9.17) is 29.9 Å². The van der Waals surface area contributed by atoms with Crippen molar-refractivity contribution < 1.29 is 23.4 Å². The van der Waals surface area contributed by atoms with Crippen molar-refractivity contribution in [3.8, 4) is 11.5 Å². The van der Waals surface area contributed by atoms with E-state index in [0.717, 1.165) is 0 Å². The van der Waals surface area contributed by atoms with Gasteiger partial charge >= 0.3 is 5.63 Å². The highest BCUT2D eigenvalue weighted by atomic mass is 35.5. The lowest BCUT2D eigenvalue weighted by Gasteiger charge is -2.23. The van der Waals surface area contributed by atoms with Crippen molar-refractivity contribution in [3.05, 3.63) is 34.9 Å². The van der Waals surface area contributed by atoms with Gasteiger partial charge in [-0.3, -0.25) is 0 Å². The summed E-state index contributed by atoms with van der Waals surface area (Å²) in [5.41, 5.74) is 0.0354. The molecule has 2 aromatic heterocycles. The Labute approximate surface area is 142 Å². The number of furan rings is 1. The number of rotatable bonds is 5. The minimum absolute atomic E-state index is 0.0909. The monoisotopic (exact) mass is 352 g/mol. The van der Waals surface area contributed by atoms with Crippen molar-refractivity contribution in [2.24, 2.45) is 0 Å². The molecule has 128 valence electrons. The molecule has 0 fully saturated rings. The molecular weight excluding hydrogens is 336 g/mol. The van der Waals surface area contributed by atoms with Gasteiger partial charge in [-0.15, -0.1) is 11.6 Å². The van der Waals surface area contributed by atoms with Gasteiger partial charge in [0.1, 0.15) is 18.5 Å². The van der Waals surface area contributed by atoms with Crippen LogP contribution in [0.3, 0.4) is 0 Å². The van der Waals surface area contributed by atoms with E-state index in [1.54, 1.807) is 26.0 Å². The van der Waals surface area contributed by atoms with Crippen molar-refractivity contribution >= 4 is 33.5 Å². The normalized spacial score (nSPS) is 13.4. The second kappa shape index (κ2) is 6.03. The number of fused-ring (bicyclic) bond motifs is 2. The molecule has 1 N–H and O–H groups in total. The van der Waals surface area contributed by atoms with Crippen LogP contribution in [-0.4, -0.2) is 29.8 Å². The topological polar surface area (TPSA) is 82.0 Å². The summed E-state index contributed by atoms with van der Waals surface area (Å²) < 4.78 is 21.9. The fourth-order valence-corrected chi connectivity index (χ4v) is 2.45. The zero-order chi connectivity index (χ0) is 17.5. The third-order valence-corrected chi connectivity index (χ3v) is 4.03. The lowest BCUT2D eigenvalue weighted by atomic mass is 10.1. The average molecular weight is 353 g/mol. The van der Waals surface area contributed by atoms with Crippen LogP contribution in [0.4, 0.5) is 0 Å². The summed E-state index contributed by atoms with van der Waals surface area (Å²) in [6, 6.07) is 4.63. The summed E-state index contributed by atoms with van der Waals surface area (Å²) in [5.74, 6) is 0.742. The molecular formula is C17H17ClO6. The second-order valence-electron chi connectivity index (χ2n) is 5.91. The summed E-state index contributed by atoms with van der Waals surface area (Å²) in [6.45, 7) is 3.26. The number of halogens is 1. The van der Waals surface area contributed by atoms with Crippen LogP contribution in [0, 0.1) is 0 Å². The maximum absolute atomic E-state index is 11.6. The molecule has 0 saturated heterocycles. The fourth-order valence-electron chi connectivity index (χ4n) is 2.39. The van der Waals surface area contributed by atoms with Gasteiger partial charge in [0, 0.05) is 6.07 Å². The highest BCUT2D eigenvalue weighted by Gasteiger charge is 2.27. The second-order valence-corrected chi connectivity index (χ2v) is 6.89. The lowest BCUT2D eigenvalue weighted by Crippen LogP contribution is -2.35. The predicted molar refractivity (Wildman–Crippen MR) is 90.2 cm³/mol. The molecule has 0 amide bonds. The van der Waals surface area contributed by atoms with Crippen molar-refractivity contribution in [2.45, 2.75) is 24.8 Å². The van der Waals surface area contributed by atoms with E-state index in [2.05, 4.69) is 0 Å². The highest BCUT2D eigenvalue weighted by molar-refractivity contribution is 6.23. The van der Waals surface area contributed by atoms with E-state index in [9.17, 15) is 9.90 Å². The van der Waals surface area contributed by atoms with E-state index in [1.165, 1.54) is 19.4 Å². The van der Waals surface area contributed by atoms with E-state index < -0.39 is 16.6 Å². The first kappa shape index (κ1) is 16.7.